The van der Waals surface area contributed by atoms with Gasteiger partial charge < -0.3 is 25.0 Å². The van der Waals surface area contributed by atoms with E-state index in [1.807, 2.05) is 18.2 Å². The summed E-state index contributed by atoms with van der Waals surface area (Å²) >= 11 is 0. The van der Waals surface area contributed by atoms with E-state index in [1.54, 1.807) is 30.3 Å². The molecule has 0 bridgehead atoms. The van der Waals surface area contributed by atoms with Gasteiger partial charge in [0.1, 0.15) is 5.82 Å². The number of ether oxygens (including phenoxy) is 2. The van der Waals surface area contributed by atoms with Gasteiger partial charge >= 0.3 is 0 Å². The largest absolute Gasteiger partial charge is 0.454 e. The third-order valence-corrected chi connectivity index (χ3v) is 7.86. The van der Waals surface area contributed by atoms with E-state index in [1.165, 1.54) is 12.1 Å². The Morgan fingerprint density at radius 1 is 1.00 bits per heavy atom. The first kappa shape index (κ1) is 24.2. The van der Waals surface area contributed by atoms with Crippen LogP contribution in [0, 0.1) is 0 Å². The Labute approximate surface area is 208 Å². The Morgan fingerprint density at radius 2 is 1.72 bits per heavy atom. The summed E-state index contributed by atoms with van der Waals surface area (Å²) in [6, 6.07) is 15.8. The maximum absolute atomic E-state index is 13.2. The van der Waals surface area contributed by atoms with E-state index < -0.39 is 34.7 Å². The Morgan fingerprint density at radius 3 is 2.42 bits per heavy atom. The highest BCUT2D eigenvalue weighted by Gasteiger charge is 2.51. The molecule has 3 aromatic rings. The average Bonchev–Trinajstić information content (AvgIpc) is 3.58. The molecule has 10 nitrogen and oxygen atoms in total. The molecule has 36 heavy (non-hydrogen) atoms. The van der Waals surface area contributed by atoms with Crippen molar-refractivity contribution in [2.24, 2.45) is 0 Å². The van der Waals surface area contributed by atoms with E-state index in [4.69, 9.17) is 19.7 Å². The molecule has 2 aromatic carbocycles. The van der Waals surface area contributed by atoms with Crippen LogP contribution in [0.5, 0.6) is 11.5 Å². The van der Waals surface area contributed by atoms with Crippen molar-refractivity contribution in [2.45, 2.75) is 29.2 Å². The molecule has 1 amide bonds. The predicted octanol–water partition coefficient (Wildman–Crippen LogP) is 1.78. The van der Waals surface area contributed by atoms with Crippen molar-refractivity contribution in [1.29, 1.82) is 0 Å². The maximum Gasteiger partial charge on any atom is 0.240 e. The highest BCUT2D eigenvalue weighted by Crippen LogP contribution is 2.51. The summed E-state index contributed by atoms with van der Waals surface area (Å²) < 4.78 is 38.0. The topological polar surface area (TPSA) is 147 Å². The van der Waals surface area contributed by atoms with Crippen molar-refractivity contribution in [3.05, 3.63) is 66.2 Å². The Kier molecular flexibility index (Phi) is 6.39. The quantitative estimate of drug-likeness (QED) is 0.340. The molecule has 11 heteroatoms. The molecule has 4 N–H and O–H groups in total. The number of aliphatic hydroxyl groups is 2. The number of sulfonamides is 1. The number of carbonyl (C=O) groups is 1. The zero-order valence-electron chi connectivity index (χ0n) is 19.2. The molecule has 0 atom stereocenters. The molecule has 2 heterocycles. The number of aromatic nitrogens is 1. The predicted molar refractivity (Wildman–Crippen MR) is 130 cm³/mol. The van der Waals surface area contributed by atoms with E-state index in [2.05, 4.69) is 15.0 Å². The monoisotopic (exact) mass is 511 g/mol. The molecule has 1 aromatic heterocycles. The fourth-order valence-electron chi connectivity index (χ4n) is 4.09. The second kappa shape index (κ2) is 9.51. The van der Waals surface area contributed by atoms with Crippen molar-refractivity contribution < 1.29 is 32.9 Å². The van der Waals surface area contributed by atoms with Gasteiger partial charge in [0.25, 0.3) is 0 Å². The maximum atomic E-state index is 13.2. The molecule has 2 aliphatic rings. The number of benzene rings is 2. The van der Waals surface area contributed by atoms with Gasteiger partial charge in [0, 0.05) is 5.56 Å². The molecular weight excluding hydrogens is 486 g/mol. The van der Waals surface area contributed by atoms with Crippen molar-refractivity contribution >= 4 is 21.7 Å². The Balaban J connectivity index is 1.31. The van der Waals surface area contributed by atoms with Crippen molar-refractivity contribution in [2.75, 3.05) is 25.3 Å². The van der Waals surface area contributed by atoms with Crippen LogP contribution >= 0.6 is 0 Å². The third kappa shape index (κ3) is 4.65. The number of fused-ring (bicyclic) bond motifs is 1. The first-order valence-corrected chi connectivity index (χ1v) is 12.9. The van der Waals surface area contributed by atoms with Crippen LogP contribution in [0.4, 0.5) is 5.82 Å². The molecule has 1 aliphatic carbocycles. The summed E-state index contributed by atoms with van der Waals surface area (Å²) in [5.74, 6) is 1.54. The summed E-state index contributed by atoms with van der Waals surface area (Å²) in [7, 11) is -3.91. The number of rotatable bonds is 9. The number of carbonyl (C=O) groups excluding carboxylic acids is 1. The van der Waals surface area contributed by atoms with Crippen LogP contribution in [-0.4, -0.2) is 55.6 Å². The van der Waals surface area contributed by atoms with Crippen LogP contribution in [0.2, 0.25) is 0 Å². The first-order chi connectivity index (χ1) is 17.3. The second-order valence-electron chi connectivity index (χ2n) is 8.72. The van der Waals surface area contributed by atoms with E-state index in [9.17, 15) is 13.2 Å². The second-order valence-corrected chi connectivity index (χ2v) is 10.4. The Bertz CT molecular complexity index is 1390. The van der Waals surface area contributed by atoms with E-state index >= 15 is 0 Å². The lowest BCUT2D eigenvalue weighted by atomic mass is 9.94. The SMILES string of the molecule is O=C(Nc1cccc(-c2ccc(S(=O)(=O)NC(CO)CO)cc2)n1)C1(c2ccc3c(c2)OCO3)CC1. The van der Waals surface area contributed by atoms with Crippen molar-refractivity contribution in [1.82, 2.24) is 9.71 Å². The summed E-state index contributed by atoms with van der Waals surface area (Å²) in [5.41, 5.74) is 1.45. The molecule has 1 saturated carbocycles. The summed E-state index contributed by atoms with van der Waals surface area (Å²) in [4.78, 5) is 17.7. The minimum atomic E-state index is -3.91. The molecule has 1 fully saturated rings. The molecule has 188 valence electrons. The normalized spacial score (nSPS) is 15.6. The van der Waals surface area contributed by atoms with Gasteiger partial charge in [-0.05, 0) is 54.8 Å². The van der Waals surface area contributed by atoms with E-state index in [0.717, 1.165) is 18.4 Å². The minimum Gasteiger partial charge on any atom is -0.454 e. The summed E-state index contributed by atoms with van der Waals surface area (Å²) in [6.07, 6.45) is 1.44. The number of amides is 1. The van der Waals surface area contributed by atoms with Gasteiger partial charge in [-0.15, -0.1) is 0 Å². The number of nitrogens with zero attached hydrogens (tertiary/aromatic N) is 1. The molecule has 0 unspecified atom stereocenters. The lowest BCUT2D eigenvalue weighted by Crippen LogP contribution is -2.39. The smallest absolute Gasteiger partial charge is 0.240 e. The van der Waals surface area contributed by atoms with Gasteiger partial charge in [-0.1, -0.05) is 24.3 Å². The van der Waals surface area contributed by atoms with Gasteiger partial charge in [-0.2, -0.15) is 0 Å². The highest BCUT2D eigenvalue weighted by molar-refractivity contribution is 7.89. The highest BCUT2D eigenvalue weighted by atomic mass is 32.2. The van der Waals surface area contributed by atoms with E-state index in [0.29, 0.717) is 28.6 Å². The first-order valence-electron chi connectivity index (χ1n) is 11.4. The zero-order valence-corrected chi connectivity index (χ0v) is 20.0. The van der Waals surface area contributed by atoms with Gasteiger partial charge in [0.05, 0.1) is 35.3 Å². The number of hydrogen-bond donors (Lipinski definition) is 4. The minimum absolute atomic E-state index is 0.0120. The van der Waals surface area contributed by atoms with Crippen LogP contribution in [0.15, 0.2) is 65.6 Å². The molecule has 5 rings (SSSR count). The molecule has 0 spiro atoms. The standard InChI is InChI=1S/C25H25N3O7S/c29-13-18(14-30)28-36(32,33)19-7-4-16(5-8-19)20-2-1-3-23(26-20)27-24(31)25(10-11-25)17-6-9-21-22(12-17)35-15-34-21/h1-9,12,18,28-30H,10-11,13-15H2,(H,26,27,31). The fraction of sp³-hybridized carbons (Fsp3) is 0.280. The molecule has 1 aliphatic heterocycles. The van der Waals surface area contributed by atoms with Crippen LogP contribution in [0.25, 0.3) is 11.3 Å². The van der Waals surface area contributed by atoms with Gasteiger partial charge in [0.15, 0.2) is 11.5 Å². The zero-order chi connectivity index (χ0) is 25.3. The number of aliphatic hydroxyl groups excluding tert-OH is 2. The number of hydrogen-bond acceptors (Lipinski definition) is 8. The lowest BCUT2D eigenvalue weighted by Gasteiger charge is -2.16. The van der Waals surface area contributed by atoms with Crippen LogP contribution < -0.4 is 19.5 Å². The number of anilines is 1. The van der Waals surface area contributed by atoms with Gasteiger partial charge in [0.2, 0.25) is 22.7 Å². The molecular formula is C25H25N3O7S. The van der Waals surface area contributed by atoms with Gasteiger partial charge in [-0.3, -0.25) is 4.79 Å². The summed E-state index contributed by atoms with van der Waals surface area (Å²) in [5, 5.41) is 21.2. The number of pyridine rings is 1. The fourth-order valence-corrected chi connectivity index (χ4v) is 5.31. The van der Waals surface area contributed by atoms with Crippen LogP contribution in [0.3, 0.4) is 0 Å². The summed E-state index contributed by atoms with van der Waals surface area (Å²) in [6.45, 7) is -0.873. The van der Waals surface area contributed by atoms with Gasteiger partial charge in [-0.25, -0.2) is 18.1 Å². The molecule has 0 radical (unpaired) electrons. The lowest BCUT2D eigenvalue weighted by molar-refractivity contribution is -0.118. The Hall–Kier alpha value is -3.51. The van der Waals surface area contributed by atoms with E-state index in [-0.39, 0.29) is 17.6 Å². The molecule has 0 saturated heterocycles. The number of nitrogens with one attached hydrogen (secondary N) is 2. The van der Waals surface area contributed by atoms with Crippen LogP contribution in [-0.2, 0) is 20.2 Å². The van der Waals surface area contributed by atoms with Crippen molar-refractivity contribution in [3.8, 4) is 22.8 Å². The third-order valence-electron chi connectivity index (χ3n) is 6.32. The van der Waals surface area contributed by atoms with Crippen LogP contribution in [0.1, 0.15) is 18.4 Å². The van der Waals surface area contributed by atoms with Crippen molar-refractivity contribution in [3.63, 3.8) is 0 Å². The average molecular weight is 512 g/mol.